The van der Waals surface area contributed by atoms with Crippen LogP contribution in [0.3, 0.4) is 0 Å². The number of fused-ring (bicyclic) bond motifs is 1. The Hall–Kier alpha value is -3.07. The molecule has 1 heterocycles. The summed E-state index contributed by atoms with van der Waals surface area (Å²) in [7, 11) is 0. The lowest BCUT2D eigenvalue weighted by molar-refractivity contribution is 0.0938. The minimum absolute atomic E-state index is 0.00503. The van der Waals surface area contributed by atoms with Crippen LogP contribution in [0.1, 0.15) is 46.8 Å². The molecule has 4 rings (SSSR count). The van der Waals surface area contributed by atoms with Crippen LogP contribution < -0.4 is 10.2 Å². The quantitative estimate of drug-likeness (QED) is 0.579. The maximum atomic E-state index is 12.6. The van der Waals surface area contributed by atoms with Gasteiger partial charge in [-0.3, -0.25) is 4.79 Å². The molecule has 0 spiro atoms. The average Bonchev–Trinajstić information content (AvgIpc) is 2.79. The monoisotopic (exact) mass is 398 g/mol. The van der Waals surface area contributed by atoms with E-state index in [2.05, 4.69) is 77.8 Å². The maximum absolute atomic E-state index is 12.6. The Morgan fingerprint density at radius 1 is 0.933 bits per heavy atom. The Bertz CT molecular complexity index is 966. The lowest BCUT2D eigenvalue weighted by Gasteiger charge is -2.31. The zero-order valence-corrected chi connectivity index (χ0v) is 17.7. The van der Waals surface area contributed by atoms with Crippen LogP contribution in [0, 0.1) is 0 Å². The summed E-state index contributed by atoms with van der Waals surface area (Å²) in [5, 5.41) is 3.13. The molecule has 1 aliphatic rings. The van der Waals surface area contributed by atoms with Gasteiger partial charge < -0.3 is 10.2 Å². The number of para-hydroxylation sites is 1. The van der Waals surface area contributed by atoms with Gasteiger partial charge in [-0.05, 0) is 67.5 Å². The van der Waals surface area contributed by atoms with Gasteiger partial charge in [-0.1, -0.05) is 60.7 Å². The van der Waals surface area contributed by atoms with Gasteiger partial charge >= 0.3 is 0 Å². The first-order valence-corrected chi connectivity index (χ1v) is 11.0. The van der Waals surface area contributed by atoms with Crippen molar-refractivity contribution in [3.8, 4) is 0 Å². The molecule has 1 atom stereocenters. The van der Waals surface area contributed by atoms with Crippen LogP contribution in [0.15, 0.2) is 78.9 Å². The molecule has 3 heteroatoms. The topological polar surface area (TPSA) is 32.3 Å². The van der Waals surface area contributed by atoms with Gasteiger partial charge in [0, 0.05) is 30.4 Å². The molecule has 3 nitrogen and oxygen atoms in total. The number of carbonyl (C=O) groups excluding carboxylic acids is 1. The van der Waals surface area contributed by atoms with Crippen LogP contribution in [0.5, 0.6) is 0 Å². The molecule has 0 saturated heterocycles. The van der Waals surface area contributed by atoms with Crippen LogP contribution in [0.25, 0.3) is 0 Å². The van der Waals surface area contributed by atoms with Crippen molar-refractivity contribution in [1.82, 2.24) is 5.32 Å². The van der Waals surface area contributed by atoms with E-state index in [1.807, 2.05) is 18.2 Å². The molecule has 0 radical (unpaired) electrons. The number of nitrogens with zero attached hydrogens (tertiary/aromatic N) is 1. The number of aryl methyl sites for hydroxylation is 2. The maximum Gasteiger partial charge on any atom is 0.251 e. The number of carbonyl (C=O) groups is 1. The Morgan fingerprint density at radius 3 is 2.47 bits per heavy atom. The van der Waals surface area contributed by atoms with Crippen LogP contribution in [0.2, 0.25) is 0 Å². The van der Waals surface area contributed by atoms with Crippen LogP contribution in [-0.4, -0.2) is 18.5 Å². The second kappa shape index (κ2) is 9.62. The molecule has 0 saturated carbocycles. The normalized spacial score (nSPS) is 14.1. The molecule has 1 aliphatic heterocycles. The van der Waals surface area contributed by atoms with Gasteiger partial charge in [0.15, 0.2) is 0 Å². The molecule has 1 N–H and O–H groups in total. The molecule has 3 aromatic rings. The predicted molar refractivity (Wildman–Crippen MR) is 124 cm³/mol. The van der Waals surface area contributed by atoms with Gasteiger partial charge in [-0.25, -0.2) is 0 Å². The van der Waals surface area contributed by atoms with Crippen molar-refractivity contribution in [3.63, 3.8) is 0 Å². The third-order valence-corrected chi connectivity index (χ3v) is 5.88. The van der Waals surface area contributed by atoms with E-state index in [-0.39, 0.29) is 11.9 Å². The van der Waals surface area contributed by atoms with E-state index in [9.17, 15) is 4.79 Å². The standard InChI is InChI=1S/C27H30N2O/c1-21(13-14-22-8-3-2-4-9-22)28-27(30)25-17-15-23(16-18-25)20-29-19-7-11-24-10-5-6-12-26(24)29/h2-6,8-10,12,15-18,21H,7,11,13-14,19-20H2,1H3,(H,28,30)/t21-/m0/s1. The summed E-state index contributed by atoms with van der Waals surface area (Å²) >= 11 is 0. The number of benzene rings is 3. The summed E-state index contributed by atoms with van der Waals surface area (Å²) in [6.45, 7) is 4.04. The van der Waals surface area contributed by atoms with Crippen molar-refractivity contribution < 1.29 is 4.79 Å². The molecule has 0 unspecified atom stereocenters. The fourth-order valence-corrected chi connectivity index (χ4v) is 4.16. The Labute approximate surface area is 179 Å². The van der Waals surface area contributed by atoms with Crippen LogP contribution in [0.4, 0.5) is 5.69 Å². The predicted octanol–water partition coefficient (Wildman–Crippen LogP) is 5.39. The van der Waals surface area contributed by atoms with E-state index in [0.29, 0.717) is 0 Å². The van der Waals surface area contributed by atoms with Gasteiger partial charge in [-0.2, -0.15) is 0 Å². The number of hydrogen-bond donors (Lipinski definition) is 1. The number of nitrogens with one attached hydrogen (secondary N) is 1. The van der Waals surface area contributed by atoms with Crippen molar-refractivity contribution in [2.45, 2.75) is 45.2 Å². The third-order valence-electron chi connectivity index (χ3n) is 5.88. The van der Waals surface area contributed by atoms with E-state index in [1.54, 1.807) is 0 Å². The number of hydrogen-bond acceptors (Lipinski definition) is 2. The van der Waals surface area contributed by atoms with E-state index >= 15 is 0 Å². The zero-order chi connectivity index (χ0) is 20.8. The summed E-state index contributed by atoms with van der Waals surface area (Å²) in [4.78, 5) is 15.1. The highest BCUT2D eigenvalue weighted by Crippen LogP contribution is 2.28. The minimum Gasteiger partial charge on any atom is -0.367 e. The minimum atomic E-state index is 0.00503. The Kier molecular flexibility index (Phi) is 6.48. The summed E-state index contributed by atoms with van der Waals surface area (Å²) < 4.78 is 0. The van der Waals surface area contributed by atoms with Crippen LogP contribution >= 0.6 is 0 Å². The lowest BCUT2D eigenvalue weighted by atomic mass is 10.0. The van der Waals surface area contributed by atoms with Gasteiger partial charge in [0.25, 0.3) is 5.91 Å². The molecular weight excluding hydrogens is 368 g/mol. The molecule has 154 valence electrons. The van der Waals surface area contributed by atoms with Crippen LogP contribution in [-0.2, 0) is 19.4 Å². The Balaban J connectivity index is 1.31. The van der Waals surface area contributed by atoms with Crippen molar-refractivity contribution >= 4 is 11.6 Å². The first-order chi connectivity index (χ1) is 14.7. The van der Waals surface area contributed by atoms with E-state index in [1.165, 1.54) is 28.8 Å². The number of anilines is 1. The van der Waals surface area contributed by atoms with Crippen molar-refractivity contribution in [3.05, 3.63) is 101 Å². The highest BCUT2D eigenvalue weighted by Gasteiger charge is 2.16. The SMILES string of the molecule is C[C@@H](CCc1ccccc1)NC(=O)c1ccc(CN2CCCc3ccccc32)cc1. The fourth-order valence-electron chi connectivity index (χ4n) is 4.16. The first kappa shape index (κ1) is 20.2. The molecule has 0 fully saturated rings. The number of amides is 1. The van der Waals surface area contributed by atoms with E-state index < -0.39 is 0 Å². The van der Waals surface area contributed by atoms with E-state index in [0.717, 1.165) is 37.9 Å². The second-order valence-corrected chi connectivity index (χ2v) is 8.25. The van der Waals surface area contributed by atoms with Gasteiger partial charge in [-0.15, -0.1) is 0 Å². The van der Waals surface area contributed by atoms with Gasteiger partial charge in [0.1, 0.15) is 0 Å². The molecular formula is C27H30N2O. The van der Waals surface area contributed by atoms with Crippen molar-refractivity contribution in [2.75, 3.05) is 11.4 Å². The van der Waals surface area contributed by atoms with Gasteiger partial charge in [0.05, 0.1) is 0 Å². The smallest absolute Gasteiger partial charge is 0.251 e. The zero-order valence-electron chi connectivity index (χ0n) is 17.7. The molecule has 0 bridgehead atoms. The second-order valence-electron chi connectivity index (χ2n) is 8.25. The third kappa shape index (κ3) is 5.10. The molecule has 1 amide bonds. The summed E-state index contributed by atoms with van der Waals surface area (Å²) in [5.41, 5.74) is 6.05. The highest BCUT2D eigenvalue weighted by molar-refractivity contribution is 5.94. The number of rotatable bonds is 7. The van der Waals surface area contributed by atoms with Crippen molar-refractivity contribution in [1.29, 1.82) is 0 Å². The van der Waals surface area contributed by atoms with Crippen molar-refractivity contribution in [2.24, 2.45) is 0 Å². The highest BCUT2D eigenvalue weighted by atomic mass is 16.1. The van der Waals surface area contributed by atoms with Gasteiger partial charge in [0.2, 0.25) is 0 Å². The first-order valence-electron chi connectivity index (χ1n) is 11.0. The molecule has 30 heavy (non-hydrogen) atoms. The van der Waals surface area contributed by atoms with E-state index in [4.69, 9.17) is 0 Å². The lowest BCUT2D eigenvalue weighted by Crippen LogP contribution is -2.33. The molecule has 0 aromatic heterocycles. The fraction of sp³-hybridized carbons (Fsp3) is 0.296. The summed E-state index contributed by atoms with van der Waals surface area (Å²) in [6.07, 6.45) is 4.26. The summed E-state index contributed by atoms with van der Waals surface area (Å²) in [5.74, 6) is 0.00503. The largest absolute Gasteiger partial charge is 0.367 e. The summed E-state index contributed by atoms with van der Waals surface area (Å²) in [6, 6.07) is 27.3. The average molecular weight is 399 g/mol. The molecule has 3 aromatic carbocycles. The molecule has 0 aliphatic carbocycles. The Morgan fingerprint density at radius 2 is 1.67 bits per heavy atom.